The van der Waals surface area contributed by atoms with Crippen molar-refractivity contribution in [3.8, 4) is 0 Å². The fraction of sp³-hybridized carbons (Fsp3) is 0.100. The molecule has 324 valence electrons. The molecule has 0 aliphatic heterocycles. The molecule has 0 heterocycles. The Morgan fingerprint density at radius 2 is 0.410 bits per heavy atom. The molecule has 21 heteroatoms. The average molecular weight is 1020 g/mol. The van der Waals surface area contributed by atoms with Crippen LogP contribution in [0.4, 0.5) is 52.7 Å². The third-order valence-electron chi connectivity index (χ3n) is 6.53. The standard InChI is InChI=1S/4C10H6F3O2.Eu/c4*11-10(12,13)9(15)6-8(14)7-4-2-1-3-5-7;/h4*1-6H;/q4*-1;+3/p+8. The summed E-state index contributed by atoms with van der Waals surface area (Å²) >= 11 is 0. The van der Waals surface area contributed by atoms with Gasteiger partial charge in [0.05, 0.1) is 0 Å². The molecule has 0 atom stereocenters. The molecule has 4 aromatic carbocycles. The van der Waals surface area contributed by atoms with Crippen LogP contribution in [0.5, 0.6) is 0 Å². The van der Waals surface area contributed by atoms with Crippen molar-refractivity contribution >= 4 is 46.3 Å². The van der Waals surface area contributed by atoms with Gasteiger partial charge in [-0.05, 0) is 0 Å². The normalized spacial score (nSPS) is 10.7. The minimum absolute atomic E-state index is 0. The van der Waals surface area contributed by atoms with Crippen LogP contribution < -0.4 is 0 Å². The van der Waals surface area contributed by atoms with Crippen LogP contribution in [0.2, 0.25) is 0 Å². The molecule has 0 bridgehead atoms. The monoisotopic (exact) mass is 1020 g/mol. The van der Waals surface area contributed by atoms with Gasteiger partial charge in [0.15, 0.2) is 0 Å². The molecule has 0 radical (unpaired) electrons. The van der Waals surface area contributed by atoms with E-state index in [-0.39, 0.29) is 97.3 Å². The van der Waals surface area contributed by atoms with Crippen LogP contribution in [0.1, 0.15) is 22.3 Å². The van der Waals surface area contributed by atoms with E-state index >= 15 is 0 Å². The molecule has 8 nitrogen and oxygen atoms in total. The zero-order valence-electron chi connectivity index (χ0n) is 30.3. The molecule has 0 saturated carbocycles. The second kappa shape index (κ2) is 25.3. The molecule has 0 aliphatic carbocycles. The topological polar surface area (TPSA) is 171 Å². The van der Waals surface area contributed by atoms with Crippen LogP contribution in [-0.2, 0) is 0 Å². The smallest absolute Gasteiger partial charge is 0.313 e. The van der Waals surface area contributed by atoms with Crippen molar-refractivity contribution in [1.82, 2.24) is 0 Å². The fourth-order valence-electron chi connectivity index (χ4n) is 3.61. The zero-order chi connectivity index (χ0) is 45.9. The van der Waals surface area contributed by atoms with E-state index in [4.69, 9.17) is 19.2 Å². The number of rotatable bonds is 12. The van der Waals surface area contributed by atoms with Crippen molar-refractivity contribution in [2.75, 3.05) is 0 Å². The zero-order valence-corrected chi connectivity index (χ0v) is 32.8. The Morgan fingerprint density at radius 3 is 0.525 bits per heavy atom. The number of alkyl halides is 12. The minimum Gasteiger partial charge on any atom is -0.313 e. The van der Waals surface area contributed by atoms with Crippen LogP contribution >= 0.6 is 0 Å². The molecule has 0 unspecified atom stereocenters. The van der Waals surface area contributed by atoms with Gasteiger partial charge in [-0.3, -0.25) is 19.2 Å². The Labute approximate surface area is 378 Å². The molecule has 0 saturated heterocycles. The van der Waals surface area contributed by atoms with Gasteiger partial charge in [-0.15, -0.1) is 48.5 Å². The summed E-state index contributed by atoms with van der Waals surface area (Å²) in [5.74, 6) is -9.85. The maximum atomic E-state index is 11.9. The van der Waals surface area contributed by atoms with E-state index in [1.807, 2.05) is 0 Å². The number of carbonyl (C=O) groups excluding carboxylic acids is 8. The van der Waals surface area contributed by atoms with Crippen LogP contribution in [0.25, 0.3) is 0 Å². The van der Waals surface area contributed by atoms with Crippen LogP contribution in [0.15, 0.2) is 121 Å². The Bertz CT molecular complexity index is 1780. The van der Waals surface area contributed by atoms with Crippen molar-refractivity contribution < 1.29 is 140 Å². The molecule has 4 rings (SSSR count). The molecule has 8 N–H and O–H groups in total. The first kappa shape index (κ1) is 55.5. The van der Waals surface area contributed by atoms with Crippen molar-refractivity contribution in [3.63, 3.8) is 0 Å². The predicted octanol–water partition coefficient (Wildman–Crippen LogP) is 7.56. The van der Waals surface area contributed by atoms with Crippen molar-refractivity contribution in [2.45, 2.75) is 24.7 Å². The number of benzene rings is 4. The van der Waals surface area contributed by atoms with Gasteiger partial charge in [0.1, 0.15) is 0 Å². The Kier molecular flexibility index (Phi) is 23.0. The van der Waals surface area contributed by atoms with Gasteiger partial charge >= 0.3 is 97.2 Å². The molecule has 4 aromatic rings. The van der Waals surface area contributed by atoms with E-state index in [9.17, 15) is 71.9 Å². The molecule has 0 fully saturated rings. The maximum Gasteiger partial charge on any atom is 3.00 e. The van der Waals surface area contributed by atoms with Gasteiger partial charge in [0.25, 0.3) is 0 Å². The molecule has 0 spiro atoms. The first-order valence-corrected chi connectivity index (χ1v) is 16.0. The fourth-order valence-corrected chi connectivity index (χ4v) is 3.61. The van der Waals surface area contributed by atoms with E-state index in [1.54, 1.807) is 72.8 Å². The van der Waals surface area contributed by atoms with Crippen molar-refractivity contribution in [3.05, 3.63) is 169 Å². The number of hydrogen-bond acceptors (Lipinski definition) is 0. The second-order valence-corrected chi connectivity index (χ2v) is 11.1. The number of halogens is 12. The second-order valence-electron chi connectivity index (χ2n) is 11.1. The minimum atomic E-state index is -4.84. The van der Waals surface area contributed by atoms with E-state index in [1.165, 1.54) is 48.5 Å². The van der Waals surface area contributed by atoms with Gasteiger partial charge in [-0.1, -0.05) is 95.1 Å². The third kappa shape index (κ3) is 22.0. The van der Waals surface area contributed by atoms with Gasteiger partial charge in [-0.25, -0.2) is 0 Å². The summed E-state index contributed by atoms with van der Waals surface area (Å²) in [7, 11) is 0. The van der Waals surface area contributed by atoms with Crippen molar-refractivity contribution in [1.29, 1.82) is 0 Å². The summed E-state index contributed by atoms with van der Waals surface area (Å²) in [5, 5.41) is 0. The van der Waals surface area contributed by atoms with Gasteiger partial charge < -0.3 is 19.2 Å². The van der Waals surface area contributed by atoms with E-state index < -0.39 is 71.0 Å². The molecule has 0 aromatic heterocycles. The average Bonchev–Trinajstić information content (AvgIpc) is 3.18. The maximum absolute atomic E-state index is 11.9. The van der Waals surface area contributed by atoms with Crippen LogP contribution in [-0.4, -0.2) is 109 Å². The van der Waals surface area contributed by atoms with E-state index in [0.717, 1.165) is 0 Å². The third-order valence-corrected chi connectivity index (χ3v) is 6.53. The van der Waals surface area contributed by atoms with E-state index in [0.29, 0.717) is 0 Å². The predicted molar refractivity (Wildman–Crippen MR) is 199 cm³/mol. The Balaban J connectivity index is 0.000000783. The summed E-state index contributed by atoms with van der Waals surface area (Å²) in [6.07, 6.45) is -18.3. The summed E-state index contributed by atoms with van der Waals surface area (Å²) in [5.41, 5.74) is 0.809. The first-order valence-electron chi connectivity index (χ1n) is 16.0. The van der Waals surface area contributed by atoms with Gasteiger partial charge in [0, 0.05) is 25.7 Å². The summed E-state index contributed by atoms with van der Waals surface area (Å²) in [6, 6.07) is 30.5. The summed E-state index contributed by atoms with van der Waals surface area (Å²) in [4.78, 5) is 71.2. The van der Waals surface area contributed by atoms with E-state index in [2.05, 4.69) is 0 Å². The van der Waals surface area contributed by atoms with Crippen LogP contribution in [0, 0.1) is 75.1 Å². The van der Waals surface area contributed by atoms with Gasteiger partial charge in [-0.2, -0.15) is 52.7 Å². The number of hydrogen-bond donors (Lipinski definition) is 0. The molecular formula is C40H32EuF12O8+7. The van der Waals surface area contributed by atoms with Crippen LogP contribution in [0.3, 0.4) is 0 Å². The SMILES string of the molecule is [Eu+3].[OH+]=C([CH-]C(=[OH+])C(F)(F)F)c1ccccc1.[OH+]=C([CH-]C(=[OH+])C(F)(F)F)c1ccccc1.[OH+]=C([CH-]C(=[OH+])C(F)(F)F)c1ccccc1.[OH+]=C([CH-]C(=[OH+])C(F)(F)F)c1ccccc1. The quantitative estimate of drug-likeness (QED) is 0.0449. The first-order chi connectivity index (χ1) is 27.6. The van der Waals surface area contributed by atoms with Gasteiger partial charge in [0.2, 0.25) is 23.1 Å². The summed E-state index contributed by atoms with van der Waals surface area (Å²) < 4.78 is 143. The molecule has 61 heavy (non-hydrogen) atoms. The molecule has 0 aliphatic rings. The number of ketones is 8. The molecule has 0 amide bonds. The Morgan fingerprint density at radius 1 is 0.279 bits per heavy atom. The molecular weight excluding hydrogens is 988 g/mol. The van der Waals surface area contributed by atoms with Crippen molar-refractivity contribution in [2.24, 2.45) is 0 Å². The Hall–Kier alpha value is -5.54. The largest absolute Gasteiger partial charge is 3.00 e. The summed E-state index contributed by atoms with van der Waals surface area (Å²) in [6.45, 7) is 0.